The Bertz CT molecular complexity index is 261. The first-order valence-corrected chi connectivity index (χ1v) is 3.49. The van der Waals surface area contributed by atoms with Crippen LogP contribution in [-0.2, 0) is 4.79 Å². The van der Waals surface area contributed by atoms with E-state index in [1.54, 1.807) is 24.3 Å². The zero-order chi connectivity index (χ0) is 8.97. The molecule has 0 aromatic heterocycles. The highest BCUT2D eigenvalue weighted by Gasteiger charge is 2.08. The van der Waals surface area contributed by atoms with Crippen molar-refractivity contribution in [2.45, 2.75) is 6.23 Å². The number of carbonyl (C=O) groups is 1. The number of nitrogens with two attached hydrogens (primary N) is 1. The van der Waals surface area contributed by atoms with Gasteiger partial charge >= 0.3 is 0 Å². The lowest BCUT2D eigenvalue weighted by molar-refractivity contribution is -0.124. The van der Waals surface area contributed by atoms with Crippen LogP contribution in [0.25, 0.3) is 0 Å². The van der Waals surface area contributed by atoms with Gasteiger partial charge in [0.15, 0.2) is 0 Å². The first-order valence-electron chi connectivity index (χ1n) is 3.49. The summed E-state index contributed by atoms with van der Waals surface area (Å²) in [7, 11) is 0. The van der Waals surface area contributed by atoms with Gasteiger partial charge in [0, 0.05) is 5.69 Å². The molecule has 4 N–H and O–H groups in total. The third-order valence-electron chi connectivity index (χ3n) is 1.35. The lowest BCUT2D eigenvalue weighted by Crippen LogP contribution is -2.34. The molecule has 0 radical (unpaired) electrons. The average Bonchev–Trinajstić information content (AvgIpc) is 2.06. The molecule has 12 heavy (non-hydrogen) atoms. The first-order chi connectivity index (χ1) is 5.70. The van der Waals surface area contributed by atoms with E-state index in [2.05, 4.69) is 5.32 Å². The van der Waals surface area contributed by atoms with Gasteiger partial charge in [-0.05, 0) is 12.1 Å². The van der Waals surface area contributed by atoms with E-state index in [9.17, 15) is 4.79 Å². The minimum atomic E-state index is -1.33. The molecule has 0 aliphatic carbocycles. The number of primary amides is 1. The molecule has 1 aromatic rings. The third-order valence-corrected chi connectivity index (χ3v) is 1.35. The molecule has 0 saturated heterocycles. The summed E-state index contributed by atoms with van der Waals surface area (Å²) in [6.07, 6.45) is -1.33. The fourth-order valence-corrected chi connectivity index (χ4v) is 0.763. The summed E-state index contributed by atoms with van der Waals surface area (Å²) >= 11 is 0. The molecule has 1 rings (SSSR count). The average molecular weight is 166 g/mol. The predicted octanol–water partition coefficient (Wildman–Crippen LogP) is -0.0978. The molecule has 64 valence electrons. The van der Waals surface area contributed by atoms with Crippen molar-refractivity contribution in [1.82, 2.24) is 0 Å². The zero-order valence-corrected chi connectivity index (χ0v) is 6.40. The SMILES string of the molecule is NC(=O)C(O)Nc1ccccc1. The number of aliphatic hydroxyl groups is 1. The second-order valence-corrected chi connectivity index (χ2v) is 2.32. The van der Waals surface area contributed by atoms with E-state index >= 15 is 0 Å². The molecular weight excluding hydrogens is 156 g/mol. The Kier molecular flexibility index (Phi) is 2.66. The fourth-order valence-electron chi connectivity index (χ4n) is 0.763. The largest absolute Gasteiger partial charge is 0.366 e. The van der Waals surface area contributed by atoms with E-state index in [4.69, 9.17) is 10.8 Å². The van der Waals surface area contributed by atoms with E-state index < -0.39 is 12.1 Å². The van der Waals surface area contributed by atoms with Crippen LogP contribution in [0.5, 0.6) is 0 Å². The van der Waals surface area contributed by atoms with Crippen LogP contribution in [0.4, 0.5) is 5.69 Å². The van der Waals surface area contributed by atoms with Gasteiger partial charge in [-0.15, -0.1) is 0 Å². The Morgan fingerprint density at radius 2 is 2.00 bits per heavy atom. The van der Waals surface area contributed by atoms with Gasteiger partial charge in [-0.1, -0.05) is 18.2 Å². The molecule has 4 heteroatoms. The van der Waals surface area contributed by atoms with E-state index in [-0.39, 0.29) is 0 Å². The highest BCUT2D eigenvalue weighted by molar-refractivity contribution is 5.80. The molecule has 0 spiro atoms. The van der Waals surface area contributed by atoms with Crippen LogP contribution in [0.15, 0.2) is 30.3 Å². The van der Waals surface area contributed by atoms with Crippen molar-refractivity contribution in [3.63, 3.8) is 0 Å². The molecule has 1 atom stereocenters. The fraction of sp³-hybridized carbons (Fsp3) is 0.125. The summed E-state index contributed by atoms with van der Waals surface area (Å²) in [6.45, 7) is 0. The van der Waals surface area contributed by atoms with Crippen LogP contribution in [0.1, 0.15) is 0 Å². The molecule has 0 fully saturated rings. The standard InChI is InChI=1S/C8H10N2O2/c9-7(11)8(12)10-6-4-2-1-3-5-6/h1-5,8,10,12H,(H2,9,11). The maximum absolute atomic E-state index is 10.4. The van der Waals surface area contributed by atoms with Gasteiger partial charge in [-0.2, -0.15) is 0 Å². The van der Waals surface area contributed by atoms with E-state index in [0.29, 0.717) is 5.69 Å². The van der Waals surface area contributed by atoms with Crippen LogP contribution >= 0.6 is 0 Å². The molecule has 4 nitrogen and oxygen atoms in total. The van der Waals surface area contributed by atoms with Gasteiger partial charge in [0.1, 0.15) is 0 Å². The Balaban J connectivity index is 2.58. The van der Waals surface area contributed by atoms with Crippen LogP contribution in [0.3, 0.4) is 0 Å². The van der Waals surface area contributed by atoms with Gasteiger partial charge < -0.3 is 16.2 Å². The quantitative estimate of drug-likeness (QED) is 0.549. The van der Waals surface area contributed by atoms with Crippen LogP contribution in [-0.4, -0.2) is 17.2 Å². The highest BCUT2D eigenvalue weighted by Crippen LogP contribution is 2.05. The van der Waals surface area contributed by atoms with Crippen molar-refractivity contribution in [3.05, 3.63) is 30.3 Å². The van der Waals surface area contributed by atoms with Gasteiger partial charge in [0.25, 0.3) is 5.91 Å². The topological polar surface area (TPSA) is 75.4 Å². The number of hydrogen-bond acceptors (Lipinski definition) is 3. The number of nitrogens with one attached hydrogen (secondary N) is 1. The van der Waals surface area contributed by atoms with Crippen molar-refractivity contribution in [2.75, 3.05) is 5.32 Å². The highest BCUT2D eigenvalue weighted by atomic mass is 16.3. The Hall–Kier alpha value is -1.55. The maximum atomic E-state index is 10.4. The van der Waals surface area contributed by atoms with Crippen molar-refractivity contribution in [2.24, 2.45) is 5.73 Å². The molecule has 0 aliphatic heterocycles. The smallest absolute Gasteiger partial charge is 0.267 e. The summed E-state index contributed by atoms with van der Waals surface area (Å²) in [5, 5.41) is 11.5. The van der Waals surface area contributed by atoms with Gasteiger partial charge in [-0.25, -0.2) is 0 Å². The van der Waals surface area contributed by atoms with E-state index in [1.807, 2.05) is 6.07 Å². The van der Waals surface area contributed by atoms with E-state index in [1.165, 1.54) is 0 Å². The number of benzene rings is 1. The normalized spacial score (nSPS) is 12.1. The summed E-state index contributed by atoms with van der Waals surface area (Å²) < 4.78 is 0. The minimum Gasteiger partial charge on any atom is -0.366 e. The lowest BCUT2D eigenvalue weighted by Gasteiger charge is -2.09. The maximum Gasteiger partial charge on any atom is 0.267 e. The summed E-state index contributed by atoms with van der Waals surface area (Å²) in [6, 6.07) is 8.87. The molecular formula is C8H10N2O2. The summed E-state index contributed by atoms with van der Waals surface area (Å²) in [4.78, 5) is 10.4. The van der Waals surface area contributed by atoms with Crippen molar-refractivity contribution >= 4 is 11.6 Å². The Morgan fingerprint density at radius 1 is 1.42 bits per heavy atom. The van der Waals surface area contributed by atoms with Crippen LogP contribution in [0.2, 0.25) is 0 Å². The number of anilines is 1. The molecule has 1 aromatic carbocycles. The minimum absolute atomic E-state index is 0.656. The summed E-state index contributed by atoms with van der Waals surface area (Å²) in [5.41, 5.74) is 5.49. The second-order valence-electron chi connectivity index (χ2n) is 2.32. The monoisotopic (exact) mass is 166 g/mol. The van der Waals surface area contributed by atoms with Crippen molar-refractivity contribution < 1.29 is 9.90 Å². The Labute approximate surface area is 70.0 Å². The third kappa shape index (κ3) is 2.25. The number of rotatable bonds is 3. The molecule has 1 amide bonds. The number of aliphatic hydroxyl groups excluding tert-OH is 1. The molecule has 0 heterocycles. The second kappa shape index (κ2) is 3.73. The van der Waals surface area contributed by atoms with Gasteiger partial charge in [0.05, 0.1) is 0 Å². The van der Waals surface area contributed by atoms with Crippen LogP contribution < -0.4 is 11.1 Å². The number of hydrogen-bond donors (Lipinski definition) is 3. The van der Waals surface area contributed by atoms with Crippen molar-refractivity contribution in [3.8, 4) is 0 Å². The number of carbonyl (C=O) groups excluding carboxylic acids is 1. The van der Waals surface area contributed by atoms with E-state index in [0.717, 1.165) is 0 Å². The molecule has 0 bridgehead atoms. The number of amides is 1. The molecule has 0 aliphatic rings. The zero-order valence-electron chi connectivity index (χ0n) is 6.40. The van der Waals surface area contributed by atoms with Crippen molar-refractivity contribution in [1.29, 1.82) is 0 Å². The summed E-state index contributed by atoms with van der Waals surface area (Å²) in [5.74, 6) is -0.793. The Morgan fingerprint density at radius 3 is 2.50 bits per heavy atom. The first kappa shape index (κ1) is 8.55. The van der Waals surface area contributed by atoms with Crippen LogP contribution in [0, 0.1) is 0 Å². The molecule has 0 saturated carbocycles. The lowest BCUT2D eigenvalue weighted by atomic mass is 10.3. The number of para-hydroxylation sites is 1. The van der Waals surface area contributed by atoms with Gasteiger partial charge in [-0.3, -0.25) is 4.79 Å². The molecule has 1 unspecified atom stereocenters. The predicted molar refractivity (Wildman–Crippen MR) is 45.3 cm³/mol. The van der Waals surface area contributed by atoms with Gasteiger partial charge in [0.2, 0.25) is 6.23 Å².